The third-order valence-corrected chi connectivity index (χ3v) is 3.83. The van der Waals surface area contributed by atoms with Crippen molar-refractivity contribution in [2.24, 2.45) is 0 Å². The molecule has 1 saturated heterocycles. The number of hydrogen-bond acceptors (Lipinski definition) is 3. The summed E-state index contributed by atoms with van der Waals surface area (Å²) in [5, 5.41) is 6.94. The largest absolute Gasteiger partial charge is 0.377 e. The van der Waals surface area contributed by atoms with Gasteiger partial charge in [0.2, 0.25) is 5.91 Å². The van der Waals surface area contributed by atoms with Crippen LogP contribution in [-0.2, 0) is 16.0 Å². The molecule has 1 amide bonds. The molecule has 2 rings (SSSR count). The molecule has 1 aliphatic heterocycles. The van der Waals surface area contributed by atoms with Gasteiger partial charge in [0.25, 0.3) is 0 Å². The van der Waals surface area contributed by atoms with E-state index in [0.717, 1.165) is 37.4 Å². The van der Waals surface area contributed by atoms with Crippen molar-refractivity contribution >= 4 is 17.5 Å². The van der Waals surface area contributed by atoms with Crippen LogP contribution in [0.3, 0.4) is 0 Å². The number of hydrogen-bond donors (Lipinski definition) is 2. The minimum Gasteiger partial charge on any atom is -0.377 e. The molecule has 1 aromatic rings. The highest BCUT2D eigenvalue weighted by molar-refractivity contribution is 6.30. The monoisotopic (exact) mass is 310 g/mol. The average molecular weight is 311 g/mol. The second-order valence-corrected chi connectivity index (χ2v) is 5.75. The third-order valence-electron chi connectivity index (χ3n) is 3.57. The van der Waals surface area contributed by atoms with Gasteiger partial charge >= 0.3 is 0 Å². The number of amides is 1. The summed E-state index contributed by atoms with van der Waals surface area (Å²) in [5.74, 6) is 0.0869. The van der Waals surface area contributed by atoms with Gasteiger partial charge in [-0.05, 0) is 37.0 Å². The lowest BCUT2D eigenvalue weighted by Crippen LogP contribution is -2.32. The van der Waals surface area contributed by atoms with Gasteiger partial charge in [0.15, 0.2) is 0 Å². The molecular weight excluding hydrogens is 288 g/mol. The molecule has 0 radical (unpaired) electrons. The molecule has 1 atom stereocenters. The number of benzene rings is 1. The molecule has 21 heavy (non-hydrogen) atoms. The molecule has 1 heterocycles. The predicted octanol–water partition coefficient (Wildman–Crippen LogP) is 2.16. The Labute approximate surface area is 131 Å². The van der Waals surface area contributed by atoms with E-state index in [-0.39, 0.29) is 5.91 Å². The van der Waals surface area contributed by atoms with Crippen LogP contribution in [-0.4, -0.2) is 38.3 Å². The van der Waals surface area contributed by atoms with Crippen molar-refractivity contribution in [1.29, 1.82) is 0 Å². The van der Waals surface area contributed by atoms with Crippen molar-refractivity contribution < 1.29 is 9.53 Å². The Balaban J connectivity index is 1.50. The number of nitrogens with one attached hydrogen (secondary N) is 2. The zero-order valence-electron chi connectivity index (χ0n) is 12.2. The van der Waals surface area contributed by atoms with Crippen molar-refractivity contribution in [3.05, 3.63) is 34.9 Å². The number of halogens is 1. The van der Waals surface area contributed by atoms with E-state index in [4.69, 9.17) is 16.3 Å². The van der Waals surface area contributed by atoms with Gasteiger partial charge in [0.1, 0.15) is 0 Å². The third kappa shape index (κ3) is 6.46. The lowest BCUT2D eigenvalue weighted by atomic mass is 10.1. The second kappa shape index (κ2) is 9.03. The van der Waals surface area contributed by atoms with Crippen LogP contribution < -0.4 is 10.6 Å². The van der Waals surface area contributed by atoms with Crippen LogP contribution >= 0.6 is 11.6 Å². The summed E-state index contributed by atoms with van der Waals surface area (Å²) in [5.41, 5.74) is 1.18. The first-order chi connectivity index (χ1) is 10.2. The number of carbonyl (C=O) groups is 1. The number of ether oxygens (including phenoxy) is 1. The van der Waals surface area contributed by atoms with Crippen LogP contribution in [0.15, 0.2) is 24.3 Å². The van der Waals surface area contributed by atoms with E-state index in [1.165, 1.54) is 5.56 Å². The summed E-state index contributed by atoms with van der Waals surface area (Å²) in [4.78, 5) is 11.7. The van der Waals surface area contributed by atoms with Gasteiger partial charge < -0.3 is 15.4 Å². The zero-order valence-corrected chi connectivity index (χ0v) is 13.0. The molecule has 1 aromatic carbocycles. The van der Waals surface area contributed by atoms with Crippen LogP contribution in [0.5, 0.6) is 0 Å². The van der Waals surface area contributed by atoms with Crippen molar-refractivity contribution in [3.8, 4) is 0 Å². The molecule has 4 nitrogen and oxygen atoms in total. The first kappa shape index (κ1) is 16.3. The highest BCUT2D eigenvalue weighted by atomic mass is 35.5. The molecule has 2 N–H and O–H groups in total. The van der Waals surface area contributed by atoms with E-state index in [0.29, 0.717) is 25.6 Å². The van der Waals surface area contributed by atoms with E-state index in [1.807, 2.05) is 24.3 Å². The highest BCUT2D eigenvalue weighted by Gasteiger charge is 2.14. The molecule has 0 saturated carbocycles. The van der Waals surface area contributed by atoms with Gasteiger partial charge in [-0.25, -0.2) is 0 Å². The molecule has 1 aliphatic rings. The van der Waals surface area contributed by atoms with Gasteiger partial charge in [-0.15, -0.1) is 0 Å². The summed E-state index contributed by atoms with van der Waals surface area (Å²) in [6.07, 6.45) is 3.94. The van der Waals surface area contributed by atoms with E-state index in [2.05, 4.69) is 10.6 Å². The smallest absolute Gasteiger partial charge is 0.221 e. The fourth-order valence-electron chi connectivity index (χ4n) is 2.36. The zero-order chi connectivity index (χ0) is 14.9. The van der Waals surface area contributed by atoms with Crippen LogP contribution in [0.25, 0.3) is 0 Å². The molecule has 5 heteroatoms. The van der Waals surface area contributed by atoms with Gasteiger partial charge in [0.05, 0.1) is 6.10 Å². The minimum absolute atomic E-state index is 0.0869. The Morgan fingerprint density at radius 1 is 1.29 bits per heavy atom. The lowest BCUT2D eigenvalue weighted by Gasteiger charge is -2.10. The Morgan fingerprint density at radius 2 is 2.10 bits per heavy atom. The topological polar surface area (TPSA) is 50.4 Å². The van der Waals surface area contributed by atoms with Gasteiger partial charge in [-0.1, -0.05) is 23.7 Å². The average Bonchev–Trinajstić information content (AvgIpc) is 2.99. The van der Waals surface area contributed by atoms with Crippen molar-refractivity contribution in [1.82, 2.24) is 10.6 Å². The predicted molar refractivity (Wildman–Crippen MR) is 84.6 cm³/mol. The molecule has 1 unspecified atom stereocenters. The van der Waals surface area contributed by atoms with Crippen LogP contribution in [0, 0.1) is 0 Å². The first-order valence-electron chi connectivity index (χ1n) is 7.57. The molecule has 116 valence electrons. The summed E-state index contributed by atoms with van der Waals surface area (Å²) < 4.78 is 5.51. The lowest BCUT2D eigenvalue weighted by molar-refractivity contribution is -0.120. The Bertz CT molecular complexity index is 430. The molecule has 0 aromatic heterocycles. The van der Waals surface area contributed by atoms with Crippen molar-refractivity contribution in [3.63, 3.8) is 0 Å². The molecule has 0 aliphatic carbocycles. The summed E-state index contributed by atoms with van der Waals surface area (Å²) in [6, 6.07) is 7.71. The van der Waals surface area contributed by atoms with Crippen LogP contribution in [0.2, 0.25) is 5.02 Å². The maximum Gasteiger partial charge on any atom is 0.221 e. The fourth-order valence-corrected chi connectivity index (χ4v) is 2.48. The van der Waals surface area contributed by atoms with E-state index >= 15 is 0 Å². The van der Waals surface area contributed by atoms with Crippen molar-refractivity contribution in [2.45, 2.75) is 31.8 Å². The quantitative estimate of drug-likeness (QED) is 0.724. The fraction of sp³-hybridized carbons (Fsp3) is 0.562. The molecule has 1 fully saturated rings. The van der Waals surface area contributed by atoms with E-state index < -0.39 is 0 Å². The normalized spacial score (nSPS) is 17.9. The molecule has 0 bridgehead atoms. The number of rotatable bonds is 8. The highest BCUT2D eigenvalue weighted by Crippen LogP contribution is 2.10. The van der Waals surface area contributed by atoms with Gasteiger partial charge in [-0.3, -0.25) is 4.79 Å². The van der Waals surface area contributed by atoms with Crippen molar-refractivity contribution in [2.75, 3.05) is 26.2 Å². The summed E-state index contributed by atoms with van der Waals surface area (Å²) in [7, 11) is 0. The summed E-state index contributed by atoms with van der Waals surface area (Å²) in [6.45, 7) is 3.08. The molecular formula is C16H23ClN2O2. The maximum absolute atomic E-state index is 11.7. The SMILES string of the molecule is O=C(CCNCC1CCCO1)NCCc1ccc(Cl)cc1. The maximum atomic E-state index is 11.7. The van der Waals surface area contributed by atoms with E-state index in [9.17, 15) is 4.79 Å². The second-order valence-electron chi connectivity index (χ2n) is 5.32. The number of carbonyl (C=O) groups excluding carboxylic acids is 1. The Morgan fingerprint density at radius 3 is 2.81 bits per heavy atom. The Hall–Kier alpha value is -1.10. The van der Waals surface area contributed by atoms with Crippen LogP contribution in [0.4, 0.5) is 0 Å². The van der Waals surface area contributed by atoms with Gasteiger partial charge in [-0.2, -0.15) is 0 Å². The standard InChI is InChI=1S/C16H23ClN2O2/c17-14-5-3-13(4-6-14)7-10-19-16(20)8-9-18-12-15-2-1-11-21-15/h3-6,15,18H,1-2,7-12H2,(H,19,20). The van der Waals surface area contributed by atoms with E-state index in [1.54, 1.807) is 0 Å². The minimum atomic E-state index is 0.0869. The van der Waals surface area contributed by atoms with Gasteiger partial charge in [0, 0.05) is 37.7 Å². The molecule has 0 spiro atoms. The Kier molecular flexibility index (Phi) is 7.00. The van der Waals surface area contributed by atoms with Crippen LogP contribution in [0.1, 0.15) is 24.8 Å². The first-order valence-corrected chi connectivity index (χ1v) is 7.95. The summed E-state index contributed by atoms with van der Waals surface area (Å²) >= 11 is 5.83.